The SMILES string of the molecule is C.C=O.CC(=O)OOC(C)=O.Cc1noc([C@@H](NC(=O)c2nc(-c3ccccc3)n3c2CN(C)CCC3)C(C)(C)C)n1.Cc1noc([C@@H](NC(=O)c2nc(-c3ccccc3)n3c2CNCCC3)C(C)(C)C)n1.S.S.[B-]OC(C)=O.[Na+]. The number of fused-ring (bicyclic) bond motifs is 2. The van der Waals surface area contributed by atoms with Crippen molar-refractivity contribution in [1.29, 1.82) is 0 Å². The van der Waals surface area contributed by atoms with Gasteiger partial charge in [-0.15, -0.1) is 0 Å². The number of benzene rings is 2. The van der Waals surface area contributed by atoms with Crippen LogP contribution >= 0.6 is 27.0 Å². The van der Waals surface area contributed by atoms with E-state index >= 15 is 0 Å². The molecule has 6 heterocycles. The first-order valence-corrected chi connectivity index (χ1v) is 24.4. The van der Waals surface area contributed by atoms with E-state index in [1.54, 1.807) is 13.8 Å². The summed E-state index contributed by atoms with van der Waals surface area (Å²) in [6, 6.07) is 19.2. The van der Waals surface area contributed by atoms with Crippen LogP contribution in [0.2, 0.25) is 0 Å². The Labute approximate surface area is 505 Å². The number of nitrogens with zero attached hydrogens (tertiary/aromatic N) is 9. The number of hydrogen-bond acceptors (Lipinski definition) is 19. The Kier molecular flexibility index (Phi) is 32.2. The third-order valence-corrected chi connectivity index (χ3v) is 11.3. The summed E-state index contributed by atoms with van der Waals surface area (Å²) in [5.41, 5.74) is 4.11. The number of hydrogen-bond donors (Lipinski definition) is 3. The summed E-state index contributed by atoms with van der Waals surface area (Å²) in [6.45, 7) is 26.0. The molecule has 0 unspecified atom stereocenters. The molecule has 0 saturated heterocycles. The quantitative estimate of drug-likeness (QED) is 0.109. The van der Waals surface area contributed by atoms with E-state index < -0.39 is 30.0 Å². The number of imidazole rings is 2. The van der Waals surface area contributed by atoms with Crippen LogP contribution < -0.4 is 45.5 Å². The number of rotatable bonds is 8. The van der Waals surface area contributed by atoms with Crippen molar-refractivity contribution in [2.24, 2.45) is 10.8 Å². The fourth-order valence-electron chi connectivity index (χ4n) is 7.85. The van der Waals surface area contributed by atoms with Gasteiger partial charge in [-0.05, 0) is 57.7 Å². The Bertz CT molecular complexity index is 2860. The Hall–Kier alpha value is -6.16. The van der Waals surface area contributed by atoms with E-state index in [-0.39, 0.29) is 86.6 Å². The maximum atomic E-state index is 13.5. The zero-order chi connectivity index (χ0) is 56.3. The molecule has 23 nitrogen and oxygen atoms in total. The second-order valence-electron chi connectivity index (χ2n) is 19.8. The molecule has 4 aromatic heterocycles. The van der Waals surface area contributed by atoms with Gasteiger partial charge in [0.05, 0.1) is 11.4 Å². The van der Waals surface area contributed by atoms with Gasteiger partial charge >= 0.3 is 41.5 Å². The third-order valence-electron chi connectivity index (χ3n) is 11.3. The second kappa shape index (κ2) is 34.9. The van der Waals surface area contributed by atoms with Crippen molar-refractivity contribution in [3.05, 3.63) is 107 Å². The molecule has 2 aliphatic heterocycles. The van der Waals surface area contributed by atoms with Crippen LogP contribution in [0.4, 0.5) is 0 Å². The minimum Gasteiger partial charge on any atom is -0.793 e. The van der Waals surface area contributed by atoms with Crippen LogP contribution in [0.5, 0.6) is 0 Å². The van der Waals surface area contributed by atoms with E-state index in [2.05, 4.69) is 79.8 Å². The van der Waals surface area contributed by atoms with Crippen LogP contribution in [0.25, 0.3) is 22.8 Å². The number of nitrogens with one attached hydrogen (secondary N) is 3. The fourth-order valence-corrected chi connectivity index (χ4v) is 7.85. The van der Waals surface area contributed by atoms with E-state index in [4.69, 9.17) is 23.8 Å². The van der Waals surface area contributed by atoms with Crippen LogP contribution in [-0.2, 0) is 59.8 Å². The molecule has 2 aromatic carbocycles. The van der Waals surface area contributed by atoms with E-state index in [0.29, 0.717) is 47.9 Å². The summed E-state index contributed by atoms with van der Waals surface area (Å²) in [5, 5.41) is 17.4. The maximum absolute atomic E-state index is 13.5. The molecule has 431 valence electrons. The molecule has 8 rings (SSSR count). The zero-order valence-corrected chi connectivity index (χ0v) is 51.4. The van der Waals surface area contributed by atoms with Crippen LogP contribution in [0.15, 0.2) is 69.7 Å². The number of carbonyl (C=O) groups excluding carboxylic acids is 6. The standard InChI is InChI=1S/C23H30N6O2.C22H28N6O2.C4H6O4.C2H3BO2.CH2O.CH4.Na.2H2S/c1-15-24-22(31-27-15)19(23(2,3)4)26-21(30)18-17-14-28(5)12-9-13-29(17)20(25-18)16-10-7-6-8-11-16;1-14-24-21(30-27-14)18(22(2,3)4)26-20(29)17-16-13-23-11-8-12-28(16)19(25-17)15-9-6-5-7-10-15;1-3(5)7-8-4(2)6;1-2(4)5-3;1-2;;;;/h6-8,10-11,19H,9,12-14H2,1-5H3,(H,26,30);5-7,9-10,18,23H,8,11-13H2,1-4H3,(H,26,29);1-2H3;1H3;1H2;1H4;;2*1H2/q;;;-1;;;+1;;/t19-;18-;;;;;;;/m11......./s1. The van der Waals surface area contributed by atoms with Crippen molar-refractivity contribution in [2.45, 2.75) is 135 Å². The summed E-state index contributed by atoms with van der Waals surface area (Å²) in [4.78, 5) is 92.3. The zero-order valence-electron chi connectivity index (χ0n) is 47.4. The first kappa shape index (κ1) is 73.8. The minimum atomic E-state index is -0.639. The first-order valence-electron chi connectivity index (χ1n) is 24.4. The predicted molar refractivity (Wildman–Crippen MR) is 306 cm³/mol. The molecule has 0 bridgehead atoms. The smallest absolute Gasteiger partial charge is 0.793 e. The van der Waals surface area contributed by atoms with E-state index in [0.717, 1.165) is 87.0 Å². The van der Waals surface area contributed by atoms with Gasteiger partial charge in [0.25, 0.3) is 11.8 Å². The normalized spacial score (nSPS) is 13.2. The number of amides is 2. The number of aryl methyl sites for hydroxylation is 2. The summed E-state index contributed by atoms with van der Waals surface area (Å²) in [7, 11) is 6.40. The Morgan fingerprint density at radius 3 is 1.40 bits per heavy atom. The molecule has 6 aromatic rings. The van der Waals surface area contributed by atoms with Gasteiger partial charge in [0.15, 0.2) is 23.0 Å². The minimum absolute atomic E-state index is 0. The van der Waals surface area contributed by atoms with Crippen molar-refractivity contribution in [2.75, 3.05) is 20.1 Å². The van der Waals surface area contributed by atoms with Crippen molar-refractivity contribution in [3.63, 3.8) is 0 Å². The van der Waals surface area contributed by atoms with Gasteiger partial charge in [-0.3, -0.25) is 14.4 Å². The van der Waals surface area contributed by atoms with Gasteiger partial charge in [0.2, 0.25) is 17.8 Å². The molecular formula is C53H77BN12NaO11S2. The Morgan fingerprint density at radius 1 is 0.650 bits per heavy atom. The van der Waals surface area contributed by atoms with E-state index in [9.17, 15) is 24.0 Å². The van der Waals surface area contributed by atoms with E-state index in [1.807, 2.05) is 109 Å². The molecule has 0 saturated carbocycles. The molecule has 2 aliphatic rings. The van der Waals surface area contributed by atoms with Gasteiger partial charge in [-0.2, -0.15) is 37.0 Å². The van der Waals surface area contributed by atoms with Gasteiger partial charge in [0, 0.05) is 58.1 Å². The van der Waals surface area contributed by atoms with Crippen LogP contribution in [0, 0.1) is 24.7 Å². The fraction of sp³-hybridized carbons (Fsp3) is 0.472. The average molecular weight is 1160 g/mol. The van der Waals surface area contributed by atoms with Gasteiger partial charge in [0.1, 0.15) is 30.5 Å². The van der Waals surface area contributed by atoms with Crippen molar-refractivity contribution < 1.29 is 81.8 Å². The van der Waals surface area contributed by atoms with Gasteiger partial charge in [-0.25, -0.2) is 29.3 Å². The summed E-state index contributed by atoms with van der Waals surface area (Å²) in [5.74, 6) is 1.34. The Morgan fingerprint density at radius 2 is 1.04 bits per heavy atom. The molecule has 3 radical (unpaired) electrons. The molecule has 80 heavy (non-hydrogen) atoms. The van der Waals surface area contributed by atoms with Gasteiger partial charge < -0.3 is 56.5 Å². The monoisotopic (exact) mass is 1160 g/mol. The summed E-state index contributed by atoms with van der Waals surface area (Å²) >= 11 is 0. The van der Waals surface area contributed by atoms with E-state index in [1.165, 1.54) is 6.92 Å². The number of aromatic nitrogens is 8. The largest absolute Gasteiger partial charge is 1.00 e. The molecule has 2 amide bonds. The number of carbonyl (C=O) groups is 6. The molecule has 27 heteroatoms. The van der Waals surface area contributed by atoms with Crippen LogP contribution in [0.1, 0.15) is 150 Å². The third kappa shape index (κ3) is 21.7. The predicted octanol–water partition coefficient (Wildman–Crippen LogP) is 4.19. The van der Waals surface area contributed by atoms with Crippen molar-refractivity contribution in [1.82, 2.24) is 60.2 Å². The molecule has 2 atom stereocenters. The van der Waals surface area contributed by atoms with Crippen molar-refractivity contribution >= 4 is 71.6 Å². The van der Waals surface area contributed by atoms with Crippen LogP contribution in [-0.4, -0.2) is 109 Å². The van der Waals surface area contributed by atoms with Crippen molar-refractivity contribution in [3.8, 4) is 22.8 Å². The molecule has 0 aliphatic carbocycles. The topological polar surface area (TPSA) is 283 Å². The summed E-state index contributed by atoms with van der Waals surface area (Å²) in [6.07, 6.45) is 1.99. The molecule has 3 N–H and O–H groups in total. The Balaban J connectivity index is 0.00000120. The van der Waals surface area contributed by atoms with Crippen LogP contribution in [0.3, 0.4) is 0 Å². The first-order chi connectivity index (χ1) is 36.0. The van der Waals surface area contributed by atoms with Gasteiger partial charge in [-0.1, -0.05) is 120 Å². The molecular weight excluding hydrogens is 1080 g/mol. The maximum Gasteiger partial charge on any atom is 1.00 e. The average Bonchev–Trinajstić information content (AvgIpc) is 4.11. The molecule has 0 fully saturated rings. The second-order valence-corrected chi connectivity index (χ2v) is 19.8. The molecule has 0 spiro atoms. The summed E-state index contributed by atoms with van der Waals surface area (Å²) < 4.78 is 18.7.